The molecule has 0 radical (unpaired) electrons. The van der Waals surface area contributed by atoms with Crippen molar-refractivity contribution in [1.29, 1.82) is 0 Å². The number of fused-ring (bicyclic) bond motifs is 1. The Bertz CT molecular complexity index is 1110. The van der Waals surface area contributed by atoms with Crippen LogP contribution in [0.3, 0.4) is 0 Å². The Hall–Kier alpha value is -2.05. The zero-order valence-electron chi connectivity index (χ0n) is 29.7. The molecule has 12 atom stereocenters. The first-order valence-electron chi connectivity index (χ1n) is 16.5. The molecule has 0 aromatic rings. The van der Waals surface area contributed by atoms with E-state index < -0.39 is 71.7 Å². The molecule has 1 N–H and O–H groups in total. The standard InChI is InChI=1S/C34H58N2O9/c1-14-25-34(10)28(36(18(2)3)32(40)45-34)23(8)26(37)21(6)17-33(9,41-13)29(19(4)15-20(5)30(39)43-25)44-31-27(38)24(35(11)12)16-22(7)42-31/h15,18-19,21-25,27-29,31,38H,14,16-17H2,1-13H3/b20-15+/t19-,21+,22+,23-,24-,25?,27+,28+,29+,31-,33+,34+/m0/s1. The Morgan fingerprint density at radius 3 is 2.29 bits per heavy atom. The number of Topliss-reactive ketones (excluding diaryl/α,β-unsaturated/α-hetero) is 1. The molecule has 45 heavy (non-hydrogen) atoms. The molecule has 11 heteroatoms. The topological polar surface area (TPSA) is 124 Å². The first-order valence-corrected chi connectivity index (χ1v) is 16.5. The predicted molar refractivity (Wildman–Crippen MR) is 169 cm³/mol. The second kappa shape index (κ2) is 14.4. The summed E-state index contributed by atoms with van der Waals surface area (Å²) in [4.78, 5) is 44.8. The molecule has 2 fully saturated rings. The number of amides is 1. The maximum Gasteiger partial charge on any atom is 0.411 e. The Kier molecular flexibility index (Phi) is 12.0. The van der Waals surface area contributed by atoms with Gasteiger partial charge in [0.05, 0.1) is 23.9 Å². The molecule has 2 saturated heterocycles. The van der Waals surface area contributed by atoms with Crippen LogP contribution in [-0.2, 0) is 33.3 Å². The normalized spacial score (nSPS) is 43.4. The van der Waals surface area contributed by atoms with Crippen molar-refractivity contribution in [2.24, 2.45) is 17.8 Å². The Labute approximate surface area is 269 Å². The summed E-state index contributed by atoms with van der Waals surface area (Å²) in [7, 11) is 5.40. The van der Waals surface area contributed by atoms with Gasteiger partial charge in [-0.15, -0.1) is 0 Å². The number of likely N-dealkylation sites (N-methyl/N-ethyl adjacent to an activating group) is 1. The average Bonchev–Trinajstić information content (AvgIpc) is 3.24. The van der Waals surface area contributed by atoms with Crippen LogP contribution in [0.2, 0.25) is 0 Å². The molecule has 258 valence electrons. The quantitative estimate of drug-likeness (QED) is 0.420. The molecule has 0 aromatic carbocycles. The van der Waals surface area contributed by atoms with E-state index in [1.807, 2.05) is 74.4 Å². The molecule has 0 aromatic heterocycles. The molecule has 0 spiro atoms. The van der Waals surface area contributed by atoms with E-state index in [0.29, 0.717) is 18.4 Å². The van der Waals surface area contributed by atoms with Gasteiger partial charge in [-0.1, -0.05) is 33.8 Å². The minimum atomic E-state index is -1.25. The highest BCUT2D eigenvalue weighted by Crippen LogP contribution is 2.43. The number of ether oxygens (including phenoxy) is 5. The number of nitrogens with zero attached hydrogens (tertiary/aromatic N) is 2. The highest BCUT2D eigenvalue weighted by Gasteiger charge is 2.60. The number of aliphatic hydroxyl groups is 1. The van der Waals surface area contributed by atoms with E-state index in [1.165, 1.54) is 0 Å². The highest BCUT2D eigenvalue weighted by molar-refractivity contribution is 5.88. The third kappa shape index (κ3) is 7.43. The highest BCUT2D eigenvalue weighted by atomic mass is 16.7. The zero-order valence-corrected chi connectivity index (χ0v) is 29.7. The van der Waals surface area contributed by atoms with E-state index >= 15 is 0 Å². The van der Waals surface area contributed by atoms with Crippen molar-refractivity contribution in [2.75, 3.05) is 21.2 Å². The summed E-state index contributed by atoms with van der Waals surface area (Å²) in [5, 5.41) is 11.3. The van der Waals surface area contributed by atoms with E-state index in [1.54, 1.807) is 31.9 Å². The number of cyclic esters (lactones) is 1. The van der Waals surface area contributed by atoms with E-state index in [9.17, 15) is 19.5 Å². The number of aliphatic hydroxyl groups excluding tert-OH is 1. The number of carbonyl (C=O) groups excluding carboxylic acids is 3. The minimum Gasteiger partial charge on any atom is -0.455 e. The van der Waals surface area contributed by atoms with Gasteiger partial charge in [-0.3, -0.25) is 9.69 Å². The van der Waals surface area contributed by atoms with E-state index in [0.717, 1.165) is 0 Å². The van der Waals surface area contributed by atoms with Crippen molar-refractivity contribution in [3.63, 3.8) is 0 Å². The number of hydrogen-bond donors (Lipinski definition) is 1. The third-order valence-corrected chi connectivity index (χ3v) is 10.3. The molecular formula is C34H58N2O9. The van der Waals surface area contributed by atoms with Gasteiger partial charge in [-0.2, -0.15) is 0 Å². The number of esters is 1. The van der Waals surface area contributed by atoms with Crippen LogP contribution < -0.4 is 0 Å². The molecule has 1 unspecified atom stereocenters. The van der Waals surface area contributed by atoms with Crippen molar-refractivity contribution in [3.8, 4) is 0 Å². The first kappa shape index (κ1) is 37.4. The minimum absolute atomic E-state index is 0.0648. The van der Waals surface area contributed by atoms with Crippen LogP contribution in [0.15, 0.2) is 11.6 Å². The van der Waals surface area contributed by atoms with Crippen LogP contribution in [0.5, 0.6) is 0 Å². The predicted octanol–water partition coefficient (Wildman–Crippen LogP) is 4.34. The summed E-state index contributed by atoms with van der Waals surface area (Å²) < 4.78 is 31.1. The van der Waals surface area contributed by atoms with Gasteiger partial charge >= 0.3 is 12.1 Å². The van der Waals surface area contributed by atoms with Crippen molar-refractivity contribution in [2.45, 2.75) is 149 Å². The van der Waals surface area contributed by atoms with Crippen LogP contribution in [0.4, 0.5) is 4.79 Å². The molecule has 0 aliphatic carbocycles. The largest absolute Gasteiger partial charge is 0.455 e. The van der Waals surface area contributed by atoms with Crippen molar-refractivity contribution in [3.05, 3.63) is 11.6 Å². The van der Waals surface area contributed by atoms with Gasteiger partial charge in [0.15, 0.2) is 11.9 Å². The molecule has 3 aliphatic rings. The lowest BCUT2D eigenvalue weighted by Gasteiger charge is -2.47. The fourth-order valence-corrected chi connectivity index (χ4v) is 7.85. The van der Waals surface area contributed by atoms with E-state index in [4.69, 9.17) is 23.7 Å². The fraction of sp³-hybridized carbons (Fsp3) is 0.853. The van der Waals surface area contributed by atoms with Crippen molar-refractivity contribution in [1.82, 2.24) is 9.80 Å². The van der Waals surface area contributed by atoms with Gasteiger partial charge in [-0.05, 0) is 74.9 Å². The number of methoxy groups -OCH3 is 1. The molecule has 1 amide bonds. The van der Waals surface area contributed by atoms with Crippen molar-refractivity contribution >= 4 is 17.8 Å². The maximum absolute atomic E-state index is 14.3. The Balaban J connectivity index is 2.14. The van der Waals surface area contributed by atoms with Gasteiger partial charge < -0.3 is 33.7 Å². The van der Waals surface area contributed by atoms with Gasteiger partial charge in [-0.25, -0.2) is 9.59 Å². The summed E-state index contributed by atoms with van der Waals surface area (Å²) in [6.45, 7) is 18.5. The maximum atomic E-state index is 14.3. The number of carbonyl (C=O) groups is 3. The van der Waals surface area contributed by atoms with Crippen molar-refractivity contribution < 1.29 is 43.2 Å². The number of ketones is 1. The molecule has 0 saturated carbocycles. The lowest BCUT2D eigenvalue weighted by Crippen LogP contribution is -2.59. The summed E-state index contributed by atoms with van der Waals surface area (Å²) in [5.41, 5.74) is -1.93. The Morgan fingerprint density at radius 1 is 1.13 bits per heavy atom. The smallest absolute Gasteiger partial charge is 0.411 e. The molecule has 3 heterocycles. The van der Waals surface area contributed by atoms with Gasteiger partial charge in [0.25, 0.3) is 0 Å². The monoisotopic (exact) mass is 638 g/mol. The molecule has 3 rings (SSSR count). The summed E-state index contributed by atoms with van der Waals surface area (Å²) in [6, 6.07) is -1.10. The summed E-state index contributed by atoms with van der Waals surface area (Å²) in [5.74, 6) is -2.18. The first-order chi connectivity index (χ1) is 20.8. The van der Waals surface area contributed by atoms with Gasteiger partial charge in [0.2, 0.25) is 0 Å². The van der Waals surface area contributed by atoms with Crippen LogP contribution in [0.25, 0.3) is 0 Å². The van der Waals surface area contributed by atoms with E-state index in [2.05, 4.69) is 0 Å². The second-order valence-corrected chi connectivity index (χ2v) is 14.5. The van der Waals surface area contributed by atoms with Gasteiger partial charge in [0, 0.05) is 42.5 Å². The summed E-state index contributed by atoms with van der Waals surface area (Å²) in [6.07, 6.45) is -1.01. The van der Waals surface area contributed by atoms with Gasteiger partial charge in [0.1, 0.15) is 18.0 Å². The van der Waals surface area contributed by atoms with Crippen LogP contribution in [0, 0.1) is 17.8 Å². The molecule has 11 nitrogen and oxygen atoms in total. The SMILES string of the molecule is CCC1OC(=O)/C(C)=C/[C@H](C)[C@@H](O[C@@H]2O[C@H](C)C[C@H](N(C)C)[C@H]2O)[C@](C)(OC)C[C@@H](C)C(=O)[C@H](C)[C@H]2N(C(C)C)C(=O)O[C@]12C. The van der Waals surface area contributed by atoms with Crippen LogP contribution in [0.1, 0.15) is 88.5 Å². The number of hydrogen-bond acceptors (Lipinski definition) is 10. The number of rotatable bonds is 6. The molecular weight excluding hydrogens is 580 g/mol. The second-order valence-electron chi connectivity index (χ2n) is 14.5. The van der Waals surface area contributed by atoms with E-state index in [-0.39, 0.29) is 30.4 Å². The fourth-order valence-electron chi connectivity index (χ4n) is 7.85. The molecule has 3 aliphatic heterocycles. The summed E-state index contributed by atoms with van der Waals surface area (Å²) >= 11 is 0. The molecule has 0 bridgehead atoms. The lowest BCUT2D eigenvalue weighted by molar-refractivity contribution is -0.294. The third-order valence-electron chi connectivity index (χ3n) is 10.3. The zero-order chi connectivity index (χ0) is 34.2. The Morgan fingerprint density at radius 2 is 1.76 bits per heavy atom. The van der Waals surface area contributed by atoms with Crippen LogP contribution in [-0.4, -0.2) is 114 Å². The average molecular weight is 639 g/mol. The van der Waals surface area contributed by atoms with Crippen LogP contribution >= 0.6 is 0 Å². The lowest BCUT2D eigenvalue weighted by atomic mass is 9.74.